The van der Waals surface area contributed by atoms with E-state index in [4.69, 9.17) is 9.47 Å². The van der Waals surface area contributed by atoms with E-state index in [0.29, 0.717) is 17.2 Å². The van der Waals surface area contributed by atoms with E-state index in [1.165, 1.54) is 11.0 Å². The van der Waals surface area contributed by atoms with Gasteiger partial charge in [-0.15, -0.1) is 0 Å². The predicted octanol–water partition coefficient (Wildman–Crippen LogP) is 5.97. The monoisotopic (exact) mass is 502 g/mol. The fourth-order valence-corrected chi connectivity index (χ4v) is 4.85. The number of rotatable bonds is 9. The van der Waals surface area contributed by atoms with Crippen LogP contribution < -0.4 is 9.47 Å². The van der Waals surface area contributed by atoms with Crippen LogP contribution in [0.2, 0.25) is 0 Å². The largest absolute Gasteiger partial charge is 0.492 e. The summed E-state index contributed by atoms with van der Waals surface area (Å²) in [6, 6.07) is 23.4. The molecule has 1 aliphatic heterocycles. The number of halogens is 1. The van der Waals surface area contributed by atoms with Crippen LogP contribution in [0.3, 0.4) is 0 Å². The number of imide groups is 1. The molecule has 0 bridgehead atoms. The molecular weight excluding hydrogens is 479 g/mol. The van der Waals surface area contributed by atoms with Crippen molar-refractivity contribution in [2.45, 2.75) is 6.54 Å². The van der Waals surface area contributed by atoms with Gasteiger partial charge in [0.05, 0.1) is 18.0 Å². The van der Waals surface area contributed by atoms with Crippen molar-refractivity contribution >= 4 is 39.9 Å². The minimum atomic E-state index is -0.402. The lowest BCUT2D eigenvalue weighted by Gasteiger charge is -2.13. The predicted molar refractivity (Wildman–Crippen MR) is 138 cm³/mol. The van der Waals surface area contributed by atoms with Gasteiger partial charge in [0.25, 0.3) is 11.1 Å². The Morgan fingerprint density at radius 3 is 2.39 bits per heavy atom. The first-order valence-electron chi connectivity index (χ1n) is 11.5. The van der Waals surface area contributed by atoms with E-state index in [1.54, 1.807) is 24.3 Å². The molecule has 1 saturated heterocycles. The van der Waals surface area contributed by atoms with Crippen LogP contribution in [0, 0.1) is 5.82 Å². The molecule has 1 aromatic heterocycles. The van der Waals surface area contributed by atoms with E-state index in [0.717, 1.165) is 28.2 Å². The lowest BCUT2D eigenvalue weighted by molar-refractivity contribution is -0.123. The van der Waals surface area contributed by atoms with Gasteiger partial charge >= 0.3 is 0 Å². The fourth-order valence-electron chi connectivity index (χ4n) is 4.00. The first-order chi connectivity index (χ1) is 17.6. The minimum Gasteiger partial charge on any atom is -0.492 e. The Kier molecular flexibility index (Phi) is 7.04. The zero-order chi connectivity index (χ0) is 24.9. The first-order valence-corrected chi connectivity index (χ1v) is 12.3. The first kappa shape index (κ1) is 23.7. The molecule has 1 fully saturated rings. The summed E-state index contributed by atoms with van der Waals surface area (Å²) in [5.41, 5.74) is 1.78. The number of fused-ring (bicyclic) bond motifs is 1. The van der Waals surface area contributed by atoms with Crippen LogP contribution in [0.25, 0.3) is 17.0 Å². The third-order valence-corrected chi connectivity index (χ3v) is 6.64. The SMILES string of the molecule is O=C1S/C(=C\c2cn(CCOc3ccccc3F)c3ccccc23)C(=O)N1CCOc1ccccc1. The van der Waals surface area contributed by atoms with Crippen LogP contribution in [0.1, 0.15) is 5.56 Å². The van der Waals surface area contributed by atoms with E-state index < -0.39 is 5.82 Å². The van der Waals surface area contributed by atoms with Crippen LogP contribution in [0.5, 0.6) is 11.5 Å². The topological polar surface area (TPSA) is 60.8 Å². The van der Waals surface area contributed by atoms with Gasteiger partial charge in [-0.1, -0.05) is 48.5 Å². The molecule has 6 nitrogen and oxygen atoms in total. The quantitative estimate of drug-likeness (QED) is 0.264. The van der Waals surface area contributed by atoms with E-state index in [9.17, 15) is 14.0 Å². The highest BCUT2D eigenvalue weighted by Crippen LogP contribution is 2.34. The van der Waals surface area contributed by atoms with Gasteiger partial charge < -0.3 is 14.0 Å². The summed E-state index contributed by atoms with van der Waals surface area (Å²) in [5, 5.41) is 0.632. The molecule has 182 valence electrons. The van der Waals surface area contributed by atoms with Crippen LogP contribution in [0.15, 0.2) is 90.0 Å². The van der Waals surface area contributed by atoms with Crippen molar-refractivity contribution in [3.63, 3.8) is 0 Å². The lowest BCUT2D eigenvalue weighted by atomic mass is 10.1. The second-order valence-corrected chi connectivity index (χ2v) is 9.06. The van der Waals surface area contributed by atoms with Gasteiger partial charge in [0.15, 0.2) is 11.6 Å². The van der Waals surface area contributed by atoms with E-state index in [2.05, 4.69) is 0 Å². The molecule has 0 aliphatic carbocycles. The number of hydrogen-bond donors (Lipinski definition) is 0. The highest BCUT2D eigenvalue weighted by molar-refractivity contribution is 8.18. The average molecular weight is 503 g/mol. The Morgan fingerprint density at radius 1 is 0.833 bits per heavy atom. The molecule has 0 unspecified atom stereocenters. The Morgan fingerprint density at radius 2 is 1.56 bits per heavy atom. The van der Waals surface area contributed by atoms with Gasteiger partial charge in [-0.2, -0.15) is 0 Å². The molecule has 0 spiro atoms. The smallest absolute Gasteiger partial charge is 0.293 e. The summed E-state index contributed by atoms with van der Waals surface area (Å²) in [5.74, 6) is 0.160. The second kappa shape index (κ2) is 10.7. The second-order valence-electron chi connectivity index (χ2n) is 8.07. The molecule has 3 aromatic carbocycles. The van der Waals surface area contributed by atoms with Crippen LogP contribution in [-0.2, 0) is 11.3 Å². The van der Waals surface area contributed by atoms with Crippen LogP contribution >= 0.6 is 11.8 Å². The van der Waals surface area contributed by atoms with Crippen molar-refractivity contribution in [2.24, 2.45) is 0 Å². The zero-order valence-electron chi connectivity index (χ0n) is 19.3. The third-order valence-electron chi connectivity index (χ3n) is 5.73. The van der Waals surface area contributed by atoms with E-state index in [1.807, 2.05) is 65.4 Å². The number of nitrogens with zero attached hydrogens (tertiary/aromatic N) is 2. The highest BCUT2D eigenvalue weighted by Gasteiger charge is 2.35. The van der Waals surface area contributed by atoms with Crippen LogP contribution in [-0.4, -0.2) is 40.4 Å². The Balaban J connectivity index is 1.29. The molecule has 36 heavy (non-hydrogen) atoms. The Hall–Kier alpha value is -4.04. The van der Waals surface area contributed by atoms with Gasteiger partial charge in [-0.3, -0.25) is 14.5 Å². The molecular formula is C28H23FN2O4S. The molecule has 4 aromatic rings. The number of benzene rings is 3. The summed E-state index contributed by atoms with van der Waals surface area (Å²) in [6.07, 6.45) is 3.67. The molecule has 1 aliphatic rings. The molecule has 5 rings (SSSR count). The van der Waals surface area contributed by atoms with Crippen molar-refractivity contribution in [1.29, 1.82) is 0 Å². The zero-order valence-corrected chi connectivity index (χ0v) is 20.1. The minimum absolute atomic E-state index is 0.173. The number of para-hydroxylation sites is 3. The van der Waals surface area contributed by atoms with Crippen molar-refractivity contribution in [3.05, 3.63) is 101 Å². The van der Waals surface area contributed by atoms with Crippen molar-refractivity contribution in [1.82, 2.24) is 9.47 Å². The van der Waals surface area contributed by atoms with Gasteiger partial charge in [0.1, 0.15) is 19.0 Å². The molecule has 2 heterocycles. The normalized spacial score (nSPS) is 14.7. The Labute approximate surface area is 211 Å². The number of carbonyl (C=O) groups is 2. The lowest BCUT2D eigenvalue weighted by Crippen LogP contribution is -2.32. The maximum atomic E-state index is 13.9. The van der Waals surface area contributed by atoms with Crippen molar-refractivity contribution in [2.75, 3.05) is 19.8 Å². The van der Waals surface area contributed by atoms with Gasteiger partial charge in [0, 0.05) is 22.7 Å². The molecule has 0 saturated carbocycles. The number of ether oxygens (including phenoxy) is 2. The van der Waals surface area contributed by atoms with Crippen molar-refractivity contribution < 1.29 is 23.5 Å². The number of amides is 2. The van der Waals surface area contributed by atoms with Crippen LogP contribution in [0.4, 0.5) is 9.18 Å². The number of carbonyl (C=O) groups excluding carboxylic acids is 2. The standard InChI is InChI=1S/C28H23FN2O4S/c29-23-11-5-7-13-25(23)35-16-14-30-19-20(22-10-4-6-12-24(22)30)18-26-27(32)31(28(33)36-26)15-17-34-21-8-2-1-3-9-21/h1-13,18-19H,14-17H2/b26-18-. The molecule has 2 amide bonds. The number of thioether (sulfide) groups is 1. The summed E-state index contributed by atoms with van der Waals surface area (Å²) < 4.78 is 27.1. The fraction of sp³-hybridized carbons (Fsp3) is 0.143. The molecule has 0 N–H and O–H groups in total. The maximum Gasteiger partial charge on any atom is 0.293 e. The van der Waals surface area contributed by atoms with E-state index in [-0.39, 0.29) is 36.7 Å². The summed E-state index contributed by atoms with van der Waals surface area (Å²) in [4.78, 5) is 27.1. The van der Waals surface area contributed by atoms with Crippen molar-refractivity contribution in [3.8, 4) is 11.5 Å². The van der Waals surface area contributed by atoms with Gasteiger partial charge in [0.2, 0.25) is 0 Å². The summed E-state index contributed by atoms with van der Waals surface area (Å²) in [7, 11) is 0. The summed E-state index contributed by atoms with van der Waals surface area (Å²) in [6.45, 7) is 1.15. The molecule has 8 heteroatoms. The summed E-state index contributed by atoms with van der Waals surface area (Å²) >= 11 is 0.925. The molecule has 0 atom stereocenters. The maximum absolute atomic E-state index is 13.9. The third kappa shape index (κ3) is 5.13. The van der Waals surface area contributed by atoms with Gasteiger partial charge in [-0.25, -0.2) is 4.39 Å². The highest BCUT2D eigenvalue weighted by atomic mass is 32.2. The van der Waals surface area contributed by atoms with Gasteiger partial charge in [-0.05, 0) is 48.2 Å². The number of hydrogen-bond acceptors (Lipinski definition) is 5. The Bertz CT molecular complexity index is 1430. The molecule has 0 radical (unpaired) electrons. The average Bonchev–Trinajstić information content (AvgIpc) is 3.37. The number of aromatic nitrogens is 1. The van der Waals surface area contributed by atoms with E-state index >= 15 is 0 Å².